The second-order valence-electron chi connectivity index (χ2n) is 6.32. The average molecular weight is 504 g/mol. The van der Waals surface area contributed by atoms with Crippen LogP contribution in [0.2, 0.25) is 0 Å². The van der Waals surface area contributed by atoms with E-state index in [2.05, 4.69) is 36.5 Å². The normalized spacial score (nSPS) is 11.9. The number of nitrogens with zero attached hydrogens (tertiary/aromatic N) is 4. The van der Waals surface area contributed by atoms with Gasteiger partial charge in [0.05, 0.1) is 15.1 Å². The molecule has 150 valence electrons. The Labute approximate surface area is 182 Å². The van der Waals surface area contributed by atoms with Gasteiger partial charge in [0.1, 0.15) is 5.82 Å². The third-order valence-corrected chi connectivity index (χ3v) is 7.49. The van der Waals surface area contributed by atoms with Crippen molar-refractivity contribution in [1.82, 2.24) is 19.8 Å². The van der Waals surface area contributed by atoms with Gasteiger partial charge in [-0.2, -0.15) is 4.52 Å². The third kappa shape index (κ3) is 3.15. The van der Waals surface area contributed by atoms with Crippen LogP contribution in [0.25, 0.3) is 15.9 Å². The molecule has 0 aliphatic heterocycles. The van der Waals surface area contributed by atoms with E-state index in [1.165, 1.54) is 40.1 Å². The van der Waals surface area contributed by atoms with Crippen LogP contribution in [0.3, 0.4) is 0 Å². The summed E-state index contributed by atoms with van der Waals surface area (Å²) in [6, 6.07) is 14.0. The van der Waals surface area contributed by atoms with E-state index in [9.17, 15) is 12.8 Å². The Bertz CT molecular complexity index is 1510. The summed E-state index contributed by atoms with van der Waals surface area (Å²) in [6.45, 7) is 0. The topological polar surface area (TPSA) is 89.2 Å². The molecule has 0 saturated heterocycles. The van der Waals surface area contributed by atoms with Gasteiger partial charge >= 0.3 is 0 Å². The monoisotopic (exact) mass is 503 g/mol. The summed E-state index contributed by atoms with van der Waals surface area (Å²) < 4.78 is 42.8. The molecule has 5 rings (SSSR count). The summed E-state index contributed by atoms with van der Waals surface area (Å²) in [6.07, 6.45) is 0. The number of hydrogen-bond acceptors (Lipinski definition) is 7. The van der Waals surface area contributed by atoms with Gasteiger partial charge < -0.3 is 5.32 Å². The molecule has 0 fully saturated rings. The Morgan fingerprint density at radius 3 is 2.67 bits per heavy atom. The minimum absolute atomic E-state index is 0.0833. The fourth-order valence-electron chi connectivity index (χ4n) is 3.01. The Balaban J connectivity index is 1.71. The molecule has 0 atom stereocenters. The van der Waals surface area contributed by atoms with Gasteiger partial charge in [-0.25, -0.2) is 17.8 Å². The standard InChI is InChI=1S/C19H11BrFN5O2S2/c20-11-4-6-14(7-5-11)30(27,28)19-18-23-17(22-13-3-1-2-12(21)10-13)16-15(8-9-29-16)26(18)25-24-19/h1-10H,(H,22,23). The van der Waals surface area contributed by atoms with E-state index in [4.69, 9.17) is 0 Å². The largest absolute Gasteiger partial charge is 0.339 e. The van der Waals surface area contributed by atoms with Crippen LogP contribution in [0.5, 0.6) is 0 Å². The van der Waals surface area contributed by atoms with E-state index >= 15 is 0 Å². The Kier molecular flexibility index (Phi) is 4.53. The summed E-state index contributed by atoms with van der Waals surface area (Å²) in [4.78, 5) is 4.58. The Morgan fingerprint density at radius 2 is 1.90 bits per heavy atom. The second-order valence-corrected chi connectivity index (χ2v) is 10.0. The first-order valence-corrected chi connectivity index (χ1v) is 11.7. The molecule has 30 heavy (non-hydrogen) atoms. The zero-order valence-electron chi connectivity index (χ0n) is 15.0. The minimum Gasteiger partial charge on any atom is -0.339 e. The SMILES string of the molecule is O=S(=O)(c1ccc(Br)cc1)c1nnn2c1nc(Nc1cccc(F)c1)c1sccc12. The van der Waals surface area contributed by atoms with Crippen LogP contribution >= 0.6 is 27.3 Å². The number of rotatable bonds is 4. The number of nitrogens with one attached hydrogen (secondary N) is 1. The summed E-state index contributed by atoms with van der Waals surface area (Å²) in [5, 5.41) is 12.6. The van der Waals surface area contributed by atoms with Gasteiger partial charge in [-0.3, -0.25) is 0 Å². The molecule has 1 N–H and O–H groups in total. The molecule has 5 aromatic rings. The molecule has 11 heteroatoms. The lowest BCUT2D eigenvalue weighted by Gasteiger charge is -2.08. The lowest BCUT2D eigenvalue weighted by molar-refractivity contribution is 0.592. The molecule has 2 aromatic carbocycles. The molecular formula is C19H11BrFN5O2S2. The highest BCUT2D eigenvalue weighted by Gasteiger charge is 2.27. The molecule has 0 amide bonds. The molecule has 0 unspecified atom stereocenters. The van der Waals surface area contributed by atoms with Crippen molar-refractivity contribution in [1.29, 1.82) is 0 Å². The lowest BCUT2D eigenvalue weighted by Crippen LogP contribution is -2.05. The van der Waals surface area contributed by atoms with Gasteiger partial charge in [-0.05, 0) is 53.9 Å². The molecule has 0 aliphatic rings. The number of thiophene rings is 1. The highest BCUT2D eigenvalue weighted by atomic mass is 79.9. The van der Waals surface area contributed by atoms with Crippen LogP contribution in [0, 0.1) is 5.82 Å². The maximum atomic E-state index is 13.6. The van der Waals surface area contributed by atoms with E-state index in [1.807, 2.05) is 5.38 Å². The van der Waals surface area contributed by atoms with E-state index in [-0.39, 0.29) is 15.6 Å². The fraction of sp³-hybridized carbons (Fsp3) is 0. The molecule has 0 spiro atoms. The van der Waals surface area contributed by atoms with E-state index in [0.29, 0.717) is 17.0 Å². The van der Waals surface area contributed by atoms with Gasteiger partial charge in [0, 0.05) is 10.2 Å². The first-order valence-electron chi connectivity index (χ1n) is 8.59. The smallest absolute Gasteiger partial charge is 0.229 e. The highest BCUT2D eigenvalue weighted by Crippen LogP contribution is 2.32. The molecule has 0 radical (unpaired) electrons. The Morgan fingerprint density at radius 1 is 1.10 bits per heavy atom. The van der Waals surface area contributed by atoms with Crippen LogP contribution < -0.4 is 5.32 Å². The molecule has 3 aromatic heterocycles. The number of benzene rings is 2. The molecule has 0 bridgehead atoms. The van der Waals surface area contributed by atoms with Crippen molar-refractivity contribution in [3.63, 3.8) is 0 Å². The van der Waals surface area contributed by atoms with Crippen LogP contribution in [-0.2, 0) is 9.84 Å². The first kappa shape index (κ1) is 19.1. The van der Waals surface area contributed by atoms with Crippen LogP contribution in [-0.4, -0.2) is 28.2 Å². The van der Waals surface area contributed by atoms with Crippen molar-refractivity contribution >= 4 is 64.5 Å². The van der Waals surface area contributed by atoms with Gasteiger partial charge in [0.25, 0.3) is 0 Å². The summed E-state index contributed by atoms with van der Waals surface area (Å²) in [5.41, 5.74) is 1.22. The zero-order chi connectivity index (χ0) is 20.9. The molecule has 0 saturated carbocycles. The van der Waals surface area contributed by atoms with Crippen molar-refractivity contribution in [3.05, 3.63) is 70.3 Å². The maximum absolute atomic E-state index is 13.6. The molecule has 0 aliphatic carbocycles. The highest BCUT2D eigenvalue weighted by molar-refractivity contribution is 9.10. The quantitative estimate of drug-likeness (QED) is 0.378. The van der Waals surface area contributed by atoms with Crippen molar-refractivity contribution in [2.75, 3.05) is 5.32 Å². The molecule has 7 nitrogen and oxygen atoms in total. The first-order chi connectivity index (χ1) is 14.4. The third-order valence-electron chi connectivity index (χ3n) is 4.39. The number of aromatic nitrogens is 4. The Hall–Kier alpha value is -2.89. The number of anilines is 2. The summed E-state index contributed by atoms with van der Waals surface area (Å²) in [5.74, 6) is 0.000632. The lowest BCUT2D eigenvalue weighted by atomic mass is 10.3. The van der Waals surface area contributed by atoms with E-state index in [0.717, 1.165) is 9.17 Å². The van der Waals surface area contributed by atoms with Gasteiger partial charge in [-0.1, -0.05) is 27.2 Å². The van der Waals surface area contributed by atoms with Crippen molar-refractivity contribution < 1.29 is 12.8 Å². The summed E-state index contributed by atoms with van der Waals surface area (Å²) in [7, 11) is -3.95. The minimum atomic E-state index is -3.95. The maximum Gasteiger partial charge on any atom is 0.229 e. The number of fused-ring (bicyclic) bond motifs is 3. The summed E-state index contributed by atoms with van der Waals surface area (Å²) >= 11 is 4.70. The van der Waals surface area contributed by atoms with Crippen molar-refractivity contribution in [2.24, 2.45) is 0 Å². The van der Waals surface area contributed by atoms with E-state index < -0.39 is 15.7 Å². The van der Waals surface area contributed by atoms with Crippen molar-refractivity contribution in [2.45, 2.75) is 9.92 Å². The van der Waals surface area contributed by atoms with Gasteiger partial charge in [0.15, 0.2) is 11.5 Å². The van der Waals surface area contributed by atoms with Crippen LogP contribution in [0.4, 0.5) is 15.9 Å². The van der Waals surface area contributed by atoms with Gasteiger partial charge in [-0.15, -0.1) is 16.4 Å². The van der Waals surface area contributed by atoms with Crippen LogP contribution in [0.1, 0.15) is 0 Å². The number of hydrogen-bond donors (Lipinski definition) is 1. The molecular weight excluding hydrogens is 493 g/mol. The molecule has 3 heterocycles. The second kappa shape index (κ2) is 7.11. The zero-order valence-corrected chi connectivity index (χ0v) is 18.2. The van der Waals surface area contributed by atoms with Gasteiger partial charge in [0.2, 0.25) is 14.9 Å². The predicted molar refractivity (Wildman–Crippen MR) is 115 cm³/mol. The predicted octanol–water partition coefficient (Wildman–Crippen LogP) is 4.82. The van der Waals surface area contributed by atoms with E-state index in [1.54, 1.807) is 30.3 Å². The fourth-order valence-corrected chi connectivity index (χ4v) is 5.33. The number of sulfone groups is 1. The van der Waals surface area contributed by atoms with Crippen molar-refractivity contribution in [3.8, 4) is 0 Å². The number of halogens is 2. The van der Waals surface area contributed by atoms with Crippen LogP contribution in [0.15, 0.2) is 74.4 Å². The average Bonchev–Trinajstić information content (AvgIpc) is 3.35.